The van der Waals surface area contributed by atoms with Crippen LogP contribution < -0.4 is 9.47 Å². The van der Waals surface area contributed by atoms with Gasteiger partial charge in [-0.3, -0.25) is 9.69 Å². The van der Waals surface area contributed by atoms with Crippen molar-refractivity contribution in [2.75, 3.05) is 26.2 Å². The Bertz CT molecular complexity index is 863. The van der Waals surface area contributed by atoms with Crippen LogP contribution in [0, 0.1) is 13.8 Å². The molecule has 2 heterocycles. The molecule has 0 bridgehead atoms. The molecule has 7 nitrogen and oxygen atoms in total. The maximum Gasteiger partial charge on any atom is 0.573 e. The van der Waals surface area contributed by atoms with Gasteiger partial charge in [-0.15, -0.1) is 13.2 Å². The lowest BCUT2D eigenvalue weighted by Crippen LogP contribution is -2.42. The first-order valence-corrected chi connectivity index (χ1v) is 10.1. The van der Waals surface area contributed by atoms with Crippen LogP contribution in [-0.4, -0.2) is 59.5 Å². The van der Waals surface area contributed by atoms with Gasteiger partial charge in [0.1, 0.15) is 17.3 Å². The Morgan fingerprint density at radius 2 is 1.81 bits per heavy atom. The molecule has 170 valence electrons. The standard InChI is InChI=1S/C21H26F3N3O4/c1-14-19(15(2)31-25-14)13-26-9-4-10-27(12-11-26)20(28)16(3)29-17-5-7-18(8-6-17)30-21(22,23)24/h5-8,16H,4,9-13H2,1-3H3. The summed E-state index contributed by atoms with van der Waals surface area (Å²) in [5.41, 5.74) is 1.96. The van der Waals surface area contributed by atoms with E-state index in [1.807, 2.05) is 13.8 Å². The predicted octanol–water partition coefficient (Wildman–Crippen LogP) is 3.69. The quantitative estimate of drug-likeness (QED) is 0.681. The summed E-state index contributed by atoms with van der Waals surface area (Å²) in [4.78, 5) is 16.9. The molecule has 0 saturated carbocycles. The molecule has 1 aliphatic heterocycles. The van der Waals surface area contributed by atoms with Gasteiger partial charge in [0.25, 0.3) is 5.91 Å². The maximum atomic E-state index is 12.8. The lowest BCUT2D eigenvalue weighted by atomic mass is 10.2. The minimum absolute atomic E-state index is 0.158. The van der Waals surface area contributed by atoms with Gasteiger partial charge in [0.15, 0.2) is 6.10 Å². The van der Waals surface area contributed by atoms with Gasteiger partial charge in [-0.2, -0.15) is 0 Å². The molecule has 1 unspecified atom stereocenters. The number of aromatic nitrogens is 1. The average Bonchev–Trinajstić information content (AvgIpc) is 2.89. The van der Waals surface area contributed by atoms with Crippen molar-refractivity contribution in [3.8, 4) is 11.5 Å². The highest BCUT2D eigenvalue weighted by Crippen LogP contribution is 2.25. The van der Waals surface area contributed by atoms with Gasteiger partial charge in [0.2, 0.25) is 0 Å². The number of amides is 1. The van der Waals surface area contributed by atoms with E-state index in [-0.39, 0.29) is 11.7 Å². The van der Waals surface area contributed by atoms with Gasteiger partial charge in [0, 0.05) is 38.3 Å². The zero-order chi connectivity index (χ0) is 22.6. The Morgan fingerprint density at radius 1 is 1.13 bits per heavy atom. The molecule has 10 heteroatoms. The lowest BCUT2D eigenvalue weighted by Gasteiger charge is -2.25. The summed E-state index contributed by atoms with van der Waals surface area (Å²) >= 11 is 0. The van der Waals surface area contributed by atoms with Crippen molar-refractivity contribution in [3.63, 3.8) is 0 Å². The van der Waals surface area contributed by atoms with E-state index in [1.54, 1.807) is 11.8 Å². The molecule has 1 aromatic carbocycles. The summed E-state index contributed by atoms with van der Waals surface area (Å²) in [6.45, 7) is 8.91. The predicted molar refractivity (Wildman–Crippen MR) is 106 cm³/mol. The molecule has 1 aromatic heterocycles. The Labute approximate surface area is 178 Å². The Morgan fingerprint density at radius 3 is 2.42 bits per heavy atom. The SMILES string of the molecule is Cc1noc(C)c1CN1CCCN(C(=O)C(C)Oc2ccc(OC(F)(F)F)cc2)CC1. The van der Waals surface area contributed by atoms with E-state index in [9.17, 15) is 18.0 Å². The highest BCUT2D eigenvalue weighted by atomic mass is 19.4. The van der Waals surface area contributed by atoms with Crippen LogP contribution in [0.4, 0.5) is 13.2 Å². The fraction of sp³-hybridized carbons (Fsp3) is 0.524. The second kappa shape index (κ2) is 9.59. The number of aryl methyl sites for hydroxylation is 2. The zero-order valence-electron chi connectivity index (χ0n) is 17.7. The molecule has 0 aliphatic carbocycles. The van der Waals surface area contributed by atoms with Gasteiger partial charge in [-0.05, 0) is 51.5 Å². The fourth-order valence-electron chi connectivity index (χ4n) is 3.53. The zero-order valence-corrected chi connectivity index (χ0v) is 17.7. The van der Waals surface area contributed by atoms with E-state index in [0.717, 1.165) is 48.7 Å². The number of halogens is 3. The first-order valence-electron chi connectivity index (χ1n) is 10.1. The number of alkyl halides is 3. The van der Waals surface area contributed by atoms with E-state index in [4.69, 9.17) is 9.26 Å². The van der Waals surface area contributed by atoms with Crippen molar-refractivity contribution in [3.05, 3.63) is 41.3 Å². The topological polar surface area (TPSA) is 68.0 Å². The average molecular weight is 441 g/mol. The van der Waals surface area contributed by atoms with Gasteiger partial charge in [-0.25, -0.2) is 0 Å². The van der Waals surface area contributed by atoms with Crippen molar-refractivity contribution in [1.29, 1.82) is 0 Å². The van der Waals surface area contributed by atoms with Crippen LogP contribution in [0.15, 0.2) is 28.8 Å². The van der Waals surface area contributed by atoms with Crippen LogP contribution in [0.5, 0.6) is 11.5 Å². The van der Waals surface area contributed by atoms with Gasteiger partial charge in [0.05, 0.1) is 5.69 Å². The maximum absolute atomic E-state index is 12.8. The minimum Gasteiger partial charge on any atom is -0.481 e. The van der Waals surface area contributed by atoms with Crippen molar-refractivity contribution in [1.82, 2.24) is 15.0 Å². The number of carbonyl (C=O) groups is 1. The van der Waals surface area contributed by atoms with Gasteiger partial charge < -0.3 is 18.9 Å². The Balaban J connectivity index is 1.52. The van der Waals surface area contributed by atoms with Crippen molar-refractivity contribution in [2.24, 2.45) is 0 Å². The molecule has 0 radical (unpaired) electrons. The molecule has 1 aliphatic rings. The van der Waals surface area contributed by atoms with Crippen LogP contribution in [0.25, 0.3) is 0 Å². The Hall–Kier alpha value is -2.75. The minimum atomic E-state index is -4.75. The highest BCUT2D eigenvalue weighted by molar-refractivity contribution is 5.81. The molecular weight excluding hydrogens is 415 g/mol. The molecule has 31 heavy (non-hydrogen) atoms. The van der Waals surface area contributed by atoms with Crippen LogP contribution in [-0.2, 0) is 11.3 Å². The summed E-state index contributed by atoms with van der Waals surface area (Å²) in [6.07, 6.45) is -4.69. The Kier molecular flexibility index (Phi) is 7.09. The summed E-state index contributed by atoms with van der Waals surface area (Å²) in [7, 11) is 0. The van der Waals surface area contributed by atoms with E-state index in [1.165, 1.54) is 12.1 Å². The second-order valence-corrected chi connectivity index (χ2v) is 7.54. The van der Waals surface area contributed by atoms with Gasteiger partial charge in [-0.1, -0.05) is 5.16 Å². The normalized spacial score (nSPS) is 16.6. The number of nitrogens with zero attached hydrogens (tertiary/aromatic N) is 3. The number of hydrogen-bond donors (Lipinski definition) is 0. The molecule has 2 aromatic rings. The van der Waals surface area contributed by atoms with Crippen LogP contribution >= 0.6 is 0 Å². The first kappa shape index (κ1) is 22.9. The monoisotopic (exact) mass is 441 g/mol. The summed E-state index contributed by atoms with van der Waals surface area (Å²) in [5.74, 6) is 0.605. The number of hydrogen-bond acceptors (Lipinski definition) is 6. The molecule has 1 fully saturated rings. The molecule has 0 spiro atoms. The molecule has 0 N–H and O–H groups in total. The summed E-state index contributed by atoms with van der Waals surface area (Å²) in [6, 6.07) is 4.99. The largest absolute Gasteiger partial charge is 0.573 e. The summed E-state index contributed by atoms with van der Waals surface area (Å²) in [5, 5.41) is 3.99. The van der Waals surface area contributed by atoms with Crippen LogP contribution in [0.2, 0.25) is 0 Å². The van der Waals surface area contributed by atoms with E-state index in [0.29, 0.717) is 25.4 Å². The van der Waals surface area contributed by atoms with Crippen molar-refractivity contribution >= 4 is 5.91 Å². The molecular formula is C21H26F3N3O4. The lowest BCUT2D eigenvalue weighted by molar-refractivity contribution is -0.274. The smallest absolute Gasteiger partial charge is 0.481 e. The number of ether oxygens (including phenoxy) is 2. The van der Waals surface area contributed by atoms with E-state index in [2.05, 4.69) is 14.8 Å². The van der Waals surface area contributed by atoms with Crippen LogP contribution in [0.1, 0.15) is 30.4 Å². The second-order valence-electron chi connectivity index (χ2n) is 7.54. The van der Waals surface area contributed by atoms with Gasteiger partial charge >= 0.3 is 6.36 Å². The van der Waals surface area contributed by atoms with Crippen LogP contribution in [0.3, 0.4) is 0 Å². The third-order valence-corrected chi connectivity index (χ3v) is 5.18. The number of rotatable bonds is 6. The number of carbonyl (C=O) groups excluding carboxylic acids is 1. The molecule has 3 rings (SSSR count). The molecule has 1 amide bonds. The molecule has 1 saturated heterocycles. The number of benzene rings is 1. The van der Waals surface area contributed by atoms with E-state index < -0.39 is 12.5 Å². The fourth-order valence-corrected chi connectivity index (χ4v) is 3.53. The third-order valence-electron chi connectivity index (χ3n) is 5.18. The summed E-state index contributed by atoms with van der Waals surface area (Å²) < 4.78 is 51.5. The molecule has 1 atom stereocenters. The highest BCUT2D eigenvalue weighted by Gasteiger charge is 2.31. The van der Waals surface area contributed by atoms with E-state index >= 15 is 0 Å². The van der Waals surface area contributed by atoms with Crippen molar-refractivity contribution in [2.45, 2.75) is 46.2 Å². The third kappa shape index (κ3) is 6.36. The first-order chi connectivity index (χ1) is 14.6. The van der Waals surface area contributed by atoms with Crippen molar-refractivity contribution < 1.29 is 32.0 Å².